The summed E-state index contributed by atoms with van der Waals surface area (Å²) >= 11 is 5.88. The fraction of sp³-hybridized carbons (Fsp3) is 0.150. The summed E-state index contributed by atoms with van der Waals surface area (Å²) in [5, 5.41) is 0. The first-order valence-corrected chi connectivity index (χ1v) is 8.27. The molecule has 0 radical (unpaired) electrons. The van der Waals surface area contributed by atoms with Crippen LogP contribution in [0.15, 0.2) is 72.9 Å². The van der Waals surface area contributed by atoms with E-state index in [1.807, 2.05) is 66.7 Å². The van der Waals surface area contributed by atoms with Crippen LogP contribution in [0.25, 0.3) is 0 Å². The molecular formula is C20H18ClNO2. The van der Waals surface area contributed by atoms with E-state index in [1.165, 1.54) is 0 Å². The minimum absolute atomic E-state index is 0.334. The molecule has 122 valence electrons. The molecule has 3 rings (SSSR count). The number of alkyl halides is 1. The minimum atomic E-state index is 0.334. The van der Waals surface area contributed by atoms with Crippen molar-refractivity contribution in [3.05, 3.63) is 89.7 Å². The van der Waals surface area contributed by atoms with Crippen molar-refractivity contribution in [2.45, 2.75) is 19.1 Å². The second-order valence-corrected chi connectivity index (χ2v) is 5.57. The SMILES string of the molecule is ClCc1cc(OCc2ccccc2)c(OCc2ccccc2)cn1. The van der Waals surface area contributed by atoms with Gasteiger partial charge in [0.25, 0.3) is 0 Å². The van der Waals surface area contributed by atoms with Crippen LogP contribution in [0.5, 0.6) is 11.5 Å². The molecule has 0 amide bonds. The molecule has 0 spiro atoms. The van der Waals surface area contributed by atoms with Gasteiger partial charge in [-0.05, 0) is 11.1 Å². The average Bonchev–Trinajstić information content (AvgIpc) is 2.66. The summed E-state index contributed by atoms with van der Waals surface area (Å²) in [5.41, 5.74) is 2.94. The molecule has 0 saturated carbocycles. The van der Waals surface area contributed by atoms with Gasteiger partial charge < -0.3 is 9.47 Å². The van der Waals surface area contributed by atoms with Crippen LogP contribution in [0.3, 0.4) is 0 Å². The number of aromatic nitrogens is 1. The molecule has 0 N–H and O–H groups in total. The van der Waals surface area contributed by atoms with Crippen molar-refractivity contribution < 1.29 is 9.47 Å². The summed E-state index contributed by atoms with van der Waals surface area (Å²) in [4.78, 5) is 4.29. The van der Waals surface area contributed by atoms with Gasteiger partial charge in [0.05, 0.1) is 17.8 Å². The van der Waals surface area contributed by atoms with Crippen molar-refractivity contribution in [2.75, 3.05) is 0 Å². The molecule has 1 heterocycles. The average molecular weight is 340 g/mol. The van der Waals surface area contributed by atoms with Crippen molar-refractivity contribution in [2.24, 2.45) is 0 Å². The number of benzene rings is 2. The number of hydrogen-bond donors (Lipinski definition) is 0. The highest BCUT2D eigenvalue weighted by Crippen LogP contribution is 2.29. The Kier molecular flexibility index (Phi) is 5.70. The van der Waals surface area contributed by atoms with Gasteiger partial charge >= 0.3 is 0 Å². The lowest BCUT2D eigenvalue weighted by Crippen LogP contribution is -2.02. The molecular weight excluding hydrogens is 322 g/mol. The van der Waals surface area contributed by atoms with Crippen LogP contribution in [0, 0.1) is 0 Å². The summed E-state index contributed by atoms with van der Waals surface area (Å²) in [6.07, 6.45) is 1.67. The van der Waals surface area contributed by atoms with Crippen LogP contribution in [-0.2, 0) is 19.1 Å². The van der Waals surface area contributed by atoms with E-state index in [2.05, 4.69) is 4.98 Å². The van der Waals surface area contributed by atoms with Gasteiger partial charge in [0, 0.05) is 6.07 Å². The highest BCUT2D eigenvalue weighted by molar-refractivity contribution is 6.16. The standard InChI is InChI=1S/C20H18ClNO2/c21-12-18-11-19(23-14-16-7-3-1-4-8-16)20(13-22-18)24-15-17-9-5-2-6-10-17/h1-11,13H,12,14-15H2. The first-order chi connectivity index (χ1) is 11.8. The van der Waals surface area contributed by atoms with Gasteiger partial charge in [-0.15, -0.1) is 11.6 Å². The van der Waals surface area contributed by atoms with Gasteiger partial charge in [-0.3, -0.25) is 4.98 Å². The second kappa shape index (κ2) is 8.37. The molecule has 0 aliphatic carbocycles. The summed E-state index contributed by atoms with van der Waals surface area (Å²) in [5.74, 6) is 1.60. The smallest absolute Gasteiger partial charge is 0.179 e. The minimum Gasteiger partial charge on any atom is -0.485 e. The predicted molar refractivity (Wildman–Crippen MR) is 95.3 cm³/mol. The van der Waals surface area contributed by atoms with Gasteiger partial charge in [-0.1, -0.05) is 60.7 Å². The van der Waals surface area contributed by atoms with E-state index in [-0.39, 0.29) is 0 Å². The van der Waals surface area contributed by atoms with Crippen LogP contribution in [0.4, 0.5) is 0 Å². The Hall–Kier alpha value is -2.52. The quantitative estimate of drug-likeness (QED) is 0.569. The molecule has 0 fully saturated rings. The third-order valence-corrected chi connectivity index (χ3v) is 3.77. The van der Waals surface area contributed by atoms with Crippen molar-refractivity contribution in [1.82, 2.24) is 4.98 Å². The van der Waals surface area contributed by atoms with E-state index in [4.69, 9.17) is 21.1 Å². The summed E-state index contributed by atoms with van der Waals surface area (Å²) < 4.78 is 11.8. The molecule has 0 aliphatic heterocycles. The number of ether oxygens (including phenoxy) is 2. The molecule has 24 heavy (non-hydrogen) atoms. The molecule has 2 aromatic carbocycles. The number of nitrogens with zero attached hydrogens (tertiary/aromatic N) is 1. The molecule has 4 heteroatoms. The van der Waals surface area contributed by atoms with Gasteiger partial charge in [-0.25, -0.2) is 0 Å². The molecule has 0 saturated heterocycles. The van der Waals surface area contributed by atoms with Crippen molar-refractivity contribution >= 4 is 11.6 Å². The Morgan fingerprint density at radius 3 is 1.83 bits per heavy atom. The maximum atomic E-state index is 5.93. The Morgan fingerprint density at radius 2 is 1.29 bits per heavy atom. The number of hydrogen-bond acceptors (Lipinski definition) is 3. The van der Waals surface area contributed by atoms with Crippen LogP contribution in [-0.4, -0.2) is 4.98 Å². The third kappa shape index (κ3) is 4.49. The lowest BCUT2D eigenvalue weighted by atomic mass is 10.2. The van der Waals surface area contributed by atoms with E-state index in [9.17, 15) is 0 Å². The van der Waals surface area contributed by atoms with Gasteiger partial charge in [0.15, 0.2) is 11.5 Å². The van der Waals surface area contributed by atoms with E-state index < -0.39 is 0 Å². The zero-order valence-corrected chi connectivity index (χ0v) is 13.9. The number of pyridine rings is 1. The molecule has 1 aromatic heterocycles. The highest BCUT2D eigenvalue weighted by Gasteiger charge is 2.09. The van der Waals surface area contributed by atoms with Crippen molar-refractivity contribution in [3.8, 4) is 11.5 Å². The van der Waals surface area contributed by atoms with Crippen molar-refractivity contribution in [1.29, 1.82) is 0 Å². The Bertz CT molecular complexity index is 763. The predicted octanol–water partition coefficient (Wildman–Crippen LogP) is 4.98. The monoisotopic (exact) mass is 339 g/mol. The maximum Gasteiger partial charge on any atom is 0.179 e. The van der Waals surface area contributed by atoms with E-state index in [0.717, 1.165) is 16.8 Å². The summed E-state index contributed by atoms with van der Waals surface area (Å²) in [7, 11) is 0. The first-order valence-electron chi connectivity index (χ1n) is 7.73. The molecule has 0 aliphatic rings. The zero-order valence-electron chi connectivity index (χ0n) is 13.2. The maximum absolute atomic E-state index is 5.93. The fourth-order valence-corrected chi connectivity index (χ4v) is 2.38. The largest absolute Gasteiger partial charge is 0.485 e. The molecule has 0 atom stereocenters. The Balaban J connectivity index is 1.72. The van der Waals surface area contributed by atoms with Crippen molar-refractivity contribution in [3.63, 3.8) is 0 Å². The first kappa shape index (κ1) is 16.3. The molecule has 0 unspecified atom stereocenters. The normalized spacial score (nSPS) is 10.4. The fourth-order valence-electron chi connectivity index (χ4n) is 2.23. The van der Waals surface area contributed by atoms with Crippen LogP contribution in [0.1, 0.15) is 16.8 Å². The third-order valence-electron chi connectivity index (χ3n) is 3.50. The lowest BCUT2D eigenvalue weighted by Gasteiger charge is -2.13. The number of halogens is 1. The van der Waals surface area contributed by atoms with Gasteiger partial charge in [-0.2, -0.15) is 0 Å². The second-order valence-electron chi connectivity index (χ2n) is 5.30. The molecule has 3 aromatic rings. The summed E-state index contributed by atoms with van der Waals surface area (Å²) in [6.45, 7) is 0.929. The van der Waals surface area contributed by atoms with Gasteiger partial charge in [0.1, 0.15) is 13.2 Å². The van der Waals surface area contributed by atoms with Crippen LogP contribution in [0.2, 0.25) is 0 Å². The number of rotatable bonds is 7. The van der Waals surface area contributed by atoms with E-state index >= 15 is 0 Å². The van der Waals surface area contributed by atoms with E-state index in [1.54, 1.807) is 6.20 Å². The van der Waals surface area contributed by atoms with Crippen LogP contribution >= 0.6 is 11.6 Å². The lowest BCUT2D eigenvalue weighted by molar-refractivity contribution is 0.254. The topological polar surface area (TPSA) is 31.4 Å². The molecule has 0 bridgehead atoms. The zero-order chi connectivity index (χ0) is 16.6. The Labute approximate surface area is 146 Å². The molecule has 3 nitrogen and oxygen atoms in total. The van der Waals surface area contributed by atoms with Gasteiger partial charge in [0.2, 0.25) is 0 Å². The van der Waals surface area contributed by atoms with E-state index in [0.29, 0.717) is 30.6 Å². The van der Waals surface area contributed by atoms with Crippen LogP contribution < -0.4 is 9.47 Å². The summed E-state index contributed by atoms with van der Waals surface area (Å²) in [6, 6.07) is 21.8. The Morgan fingerprint density at radius 1 is 0.750 bits per heavy atom. The highest BCUT2D eigenvalue weighted by atomic mass is 35.5.